The summed E-state index contributed by atoms with van der Waals surface area (Å²) >= 11 is 0. The van der Waals surface area contributed by atoms with Crippen LogP contribution in [0.2, 0.25) is 0 Å². The van der Waals surface area contributed by atoms with Gasteiger partial charge in [0.25, 0.3) is 0 Å². The van der Waals surface area contributed by atoms with E-state index in [9.17, 15) is 0 Å². The van der Waals surface area contributed by atoms with Crippen LogP contribution in [-0.2, 0) is 0 Å². The molecule has 20 heavy (non-hydrogen) atoms. The van der Waals surface area contributed by atoms with Gasteiger partial charge in [0.2, 0.25) is 0 Å². The van der Waals surface area contributed by atoms with Gasteiger partial charge in [-0.15, -0.1) is 0 Å². The molecular formula is C18H34N2. The lowest BCUT2D eigenvalue weighted by Crippen LogP contribution is -2.47. The number of hydrogen-bond acceptors (Lipinski definition) is 2. The molecule has 2 heteroatoms. The summed E-state index contributed by atoms with van der Waals surface area (Å²) in [5.74, 6) is 3.77. The van der Waals surface area contributed by atoms with Crippen molar-refractivity contribution in [3.05, 3.63) is 0 Å². The van der Waals surface area contributed by atoms with Gasteiger partial charge in [0.1, 0.15) is 0 Å². The Balaban J connectivity index is 1.63. The fraction of sp³-hybridized carbons (Fsp3) is 1.00. The van der Waals surface area contributed by atoms with Gasteiger partial charge < -0.3 is 0 Å². The topological polar surface area (TPSA) is 6.48 Å². The van der Waals surface area contributed by atoms with Crippen molar-refractivity contribution in [1.29, 1.82) is 0 Å². The van der Waals surface area contributed by atoms with Gasteiger partial charge >= 0.3 is 0 Å². The average Bonchev–Trinajstić information content (AvgIpc) is 2.65. The Morgan fingerprint density at radius 2 is 1.55 bits per heavy atom. The van der Waals surface area contributed by atoms with E-state index in [0.717, 1.165) is 35.9 Å². The number of nitrogens with zero attached hydrogens (tertiary/aromatic N) is 2. The van der Waals surface area contributed by atoms with Crippen LogP contribution in [0.3, 0.4) is 0 Å². The molecular weight excluding hydrogens is 244 g/mol. The number of hydrogen-bond donors (Lipinski definition) is 0. The summed E-state index contributed by atoms with van der Waals surface area (Å²) in [5.41, 5.74) is 0. The smallest absolute Gasteiger partial charge is 0.0628 e. The van der Waals surface area contributed by atoms with Crippen molar-refractivity contribution >= 4 is 0 Å². The van der Waals surface area contributed by atoms with Crippen molar-refractivity contribution in [2.45, 2.75) is 72.0 Å². The highest BCUT2D eigenvalue weighted by atomic mass is 15.4. The second-order valence-electron chi connectivity index (χ2n) is 8.43. The second-order valence-corrected chi connectivity index (χ2v) is 8.43. The average molecular weight is 278 g/mol. The third-order valence-electron chi connectivity index (χ3n) is 6.14. The van der Waals surface area contributed by atoms with Crippen LogP contribution >= 0.6 is 0 Å². The van der Waals surface area contributed by atoms with Crippen molar-refractivity contribution in [1.82, 2.24) is 9.80 Å². The largest absolute Gasteiger partial charge is 0.286 e. The van der Waals surface area contributed by atoms with E-state index < -0.39 is 0 Å². The molecule has 0 spiro atoms. The molecule has 1 saturated carbocycles. The van der Waals surface area contributed by atoms with Crippen molar-refractivity contribution in [3.63, 3.8) is 0 Å². The summed E-state index contributed by atoms with van der Waals surface area (Å²) in [5, 5.41) is 0. The summed E-state index contributed by atoms with van der Waals surface area (Å²) in [6, 6.07) is 0.776. The predicted molar refractivity (Wildman–Crippen MR) is 85.6 cm³/mol. The lowest BCUT2D eigenvalue weighted by molar-refractivity contribution is 0.0439. The zero-order valence-corrected chi connectivity index (χ0v) is 14.0. The summed E-state index contributed by atoms with van der Waals surface area (Å²) in [6.45, 7) is 13.8. The first-order chi connectivity index (χ1) is 9.52. The van der Waals surface area contributed by atoms with Gasteiger partial charge in [-0.1, -0.05) is 20.8 Å². The standard InChI is InChI=1S/C18H34N2/c1-13-5-6-19-11-16(4)20(18(19)10-13)12-17-8-14(2)7-15(3)9-17/h13-18H,5-12H2,1-4H3. The molecule has 2 aliphatic heterocycles. The highest BCUT2D eigenvalue weighted by Gasteiger charge is 2.41. The molecule has 3 rings (SSSR count). The van der Waals surface area contributed by atoms with E-state index in [-0.39, 0.29) is 0 Å². The Morgan fingerprint density at radius 3 is 2.25 bits per heavy atom. The van der Waals surface area contributed by atoms with Gasteiger partial charge in [-0.25, -0.2) is 0 Å². The normalized spacial score (nSPS) is 47.4. The van der Waals surface area contributed by atoms with Crippen LogP contribution in [-0.4, -0.2) is 41.6 Å². The summed E-state index contributed by atoms with van der Waals surface area (Å²) in [6.07, 6.45) is 7.97. The molecule has 0 radical (unpaired) electrons. The molecule has 0 N–H and O–H groups in total. The predicted octanol–water partition coefficient (Wildman–Crippen LogP) is 3.82. The molecule has 0 bridgehead atoms. The fourth-order valence-electron chi connectivity index (χ4n) is 5.32. The Labute approximate surface area is 125 Å². The zero-order chi connectivity index (χ0) is 14.3. The van der Waals surface area contributed by atoms with Crippen LogP contribution in [0.5, 0.6) is 0 Å². The van der Waals surface area contributed by atoms with Crippen LogP contribution in [0.1, 0.15) is 59.8 Å². The first kappa shape index (κ1) is 14.8. The van der Waals surface area contributed by atoms with Gasteiger partial charge in [-0.2, -0.15) is 0 Å². The lowest BCUT2D eigenvalue weighted by atomic mass is 9.76. The van der Waals surface area contributed by atoms with E-state index in [2.05, 4.69) is 37.5 Å². The van der Waals surface area contributed by atoms with Crippen LogP contribution < -0.4 is 0 Å². The van der Waals surface area contributed by atoms with Gasteiger partial charge in [0, 0.05) is 19.1 Å². The summed E-state index contributed by atoms with van der Waals surface area (Å²) in [7, 11) is 0. The van der Waals surface area contributed by atoms with Crippen LogP contribution in [0.4, 0.5) is 0 Å². The van der Waals surface area contributed by atoms with E-state index in [1.807, 2.05) is 0 Å². The molecule has 0 aromatic rings. The highest BCUT2D eigenvalue weighted by molar-refractivity contribution is 4.93. The maximum atomic E-state index is 2.87. The Hall–Kier alpha value is -0.0800. The zero-order valence-electron chi connectivity index (χ0n) is 14.0. The molecule has 0 aromatic heterocycles. The van der Waals surface area contributed by atoms with Gasteiger partial charge in [0.05, 0.1) is 6.17 Å². The molecule has 2 saturated heterocycles. The van der Waals surface area contributed by atoms with Crippen LogP contribution in [0.15, 0.2) is 0 Å². The Morgan fingerprint density at radius 1 is 0.850 bits per heavy atom. The molecule has 2 heterocycles. The molecule has 116 valence electrons. The molecule has 3 fully saturated rings. The molecule has 5 atom stereocenters. The molecule has 2 nitrogen and oxygen atoms in total. The lowest BCUT2D eigenvalue weighted by Gasteiger charge is -2.40. The van der Waals surface area contributed by atoms with Crippen LogP contribution in [0.25, 0.3) is 0 Å². The van der Waals surface area contributed by atoms with E-state index in [0.29, 0.717) is 0 Å². The van der Waals surface area contributed by atoms with Crippen molar-refractivity contribution in [2.24, 2.45) is 23.7 Å². The maximum absolute atomic E-state index is 2.87. The van der Waals surface area contributed by atoms with Crippen molar-refractivity contribution < 1.29 is 0 Å². The SMILES string of the molecule is CC1CC(C)CC(CN2C(C)CN3CCC(C)CC32)C1. The number of rotatable bonds is 2. The molecule has 0 amide bonds. The minimum atomic E-state index is 0.765. The number of piperidine rings is 1. The maximum Gasteiger partial charge on any atom is 0.0628 e. The first-order valence-corrected chi connectivity index (χ1v) is 9.02. The third kappa shape index (κ3) is 3.06. The fourth-order valence-corrected chi connectivity index (χ4v) is 5.32. The van der Waals surface area contributed by atoms with Gasteiger partial charge in [0.15, 0.2) is 0 Å². The summed E-state index contributed by atoms with van der Waals surface area (Å²) in [4.78, 5) is 5.63. The highest BCUT2D eigenvalue weighted by Crippen LogP contribution is 2.37. The molecule has 1 aliphatic carbocycles. The monoisotopic (exact) mass is 278 g/mol. The van der Waals surface area contributed by atoms with E-state index in [4.69, 9.17) is 0 Å². The van der Waals surface area contributed by atoms with Gasteiger partial charge in [-0.05, 0) is 69.2 Å². The van der Waals surface area contributed by atoms with E-state index >= 15 is 0 Å². The Bertz CT molecular complexity index is 319. The van der Waals surface area contributed by atoms with E-state index in [1.54, 1.807) is 0 Å². The molecule has 0 aromatic carbocycles. The molecule has 3 aliphatic rings. The van der Waals surface area contributed by atoms with E-state index in [1.165, 1.54) is 51.7 Å². The quantitative estimate of drug-likeness (QED) is 0.757. The minimum absolute atomic E-state index is 0.765. The first-order valence-electron chi connectivity index (χ1n) is 9.02. The third-order valence-corrected chi connectivity index (χ3v) is 6.14. The van der Waals surface area contributed by atoms with Crippen molar-refractivity contribution in [2.75, 3.05) is 19.6 Å². The van der Waals surface area contributed by atoms with Crippen molar-refractivity contribution in [3.8, 4) is 0 Å². The second kappa shape index (κ2) is 5.96. The van der Waals surface area contributed by atoms with Crippen LogP contribution in [0, 0.1) is 23.7 Å². The van der Waals surface area contributed by atoms with Gasteiger partial charge in [-0.3, -0.25) is 9.80 Å². The minimum Gasteiger partial charge on any atom is -0.286 e. The molecule has 5 unspecified atom stereocenters. The number of fused-ring (bicyclic) bond motifs is 1. The summed E-state index contributed by atoms with van der Waals surface area (Å²) < 4.78 is 0. The Kier molecular flexibility index (Phi) is 4.42.